The Balaban J connectivity index is 0.540. The van der Waals surface area contributed by atoms with E-state index in [-0.39, 0.29) is 0 Å². The molecule has 0 amide bonds. The third-order valence-electron chi connectivity index (χ3n) is 26.4. The number of rotatable bonds is 17. The average Bonchev–Trinajstić information content (AvgIpc) is 1.60. The van der Waals surface area contributed by atoms with Crippen LogP contribution in [0.15, 0.2) is 494 Å². The third kappa shape index (κ3) is 13.0. The van der Waals surface area contributed by atoms with Gasteiger partial charge in [-0.3, -0.25) is 0 Å². The van der Waals surface area contributed by atoms with Gasteiger partial charge in [0.1, 0.15) is 22.3 Å². The zero-order valence-electron chi connectivity index (χ0n) is 70.8. The number of nitrogens with zero attached hydrogens (tertiary/aromatic N) is 4. The number of furan rings is 2. The van der Waals surface area contributed by atoms with Gasteiger partial charge < -0.3 is 27.8 Å². The van der Waals surface area contributed by atoms with Crippen LogP contribution in [0.3, 0.4) is 0 Å². The SMILES string of the molecule is c1cc(-c2ccc(N(c3ccc(-c4ccc(-c5ccccc5-n5c6ccccc6c6ccccc65)cc4)cc3)c3ccc(-c4cccc5c4oc4ccccc45)cc3)cc2)cc(-c2cc(-c3ccc(N(c4ccc(-c5ccc(-c6ccccc6-n6c7ccccc7c7ccccc76)cc5)cc4)c4ccccc4-c4ccc5ccccc5c4)cc3)c3oc4ccccc4c3c2)c1. The van der Waals surface area contributed by atoms with E-state index in [2.05, 4.69) is 492 Å². The van der Waals surface area contributed by atoms with Gasteiger partial charge in [-0.25, -0.2) is 0 Å². The monoisotopic (exact) mass is 1660 g/mol. The minimum absolute atomic E-state index is 0.846. The molecule has 0 bridgehead atoms. The molecule has 0 spiro atoms. The number of anilines is 6. The van der Waals surface area contributed by atoms with Crippen molar-refractivity contribution in [3.63, 3.8) is 0 Å². The van der Waals surface area contributed by atoms with E-state index in [0.29, 0.717) is 0 Å². The molecular weight excluding hydrogens is 1580 g/mol. The zero-order chi connectivity index (χ0) is 85.7. The van der Waals surface area contributed by atoms with Gasteiger partial charge in [0.15, 0.2) is 0 Å². The first kappa shape index (κ1) is 75.2. The second-order valence-corrected chi connectivity index (χ2v) is 33.8. The van der Waals surface area contributed by atoms with E-state index < -0.39 is 0 Å². The molecule has 6 nitrogen and oxygen atoms in total. The molecule has 0 unspecified atom stereocenters. The molecule has 0 fully saturated rings. The Kier molecular flexibility index (Phi) is 18.2. The summed E-state index contributed by atoms with van der Waals surface area (Å²) in [5, 5.41) is 11.7. The van der Waals surface area contributed by atoms with Crippen LogP contribution in [0.1, 0.15) is 0 Å². The van der Waals surface area contributed by atoms with Crippen LogP contribution in [0.25, 0.3) is 210 Å². The van der Waals surface area contributed by atoms with Gasteiger partial charge in [0, 0.05) is 99.3 Å². The van der Waals surface area contributed by atoms with Crippen molar-refractivity contribution in [3.8, 4) is 112 Å². The Morgan fingerprint density at radius 2 is 0.485 bits per heavy atom. The molecular formula is C124H80N4O2. The van der Waals surface area contributed by atoms with E-state index in [0.717, 1.165) is 178 Å². The van der Waals surface area contributed by atoms with Gasteiger partial charge in [-0.2, -0.15) is 0 Å². The van der Waals surface area contributed by atoms with Crippen LogP contribution >= 0.6 is 0 Å². The van der Waals surface area contributed by atoms with Crippen molar-refractivity contribution >= 4 is 132 Å². The Bertz CT molecular complexity index is 8590. The Labute approximate surface area is 751 Å². The number of hydrogen-bond acceptors (Lipinski definition) is 4. The highest BCUT2D eigenvalue weighted by Gasteiger charge is 2.25. The molecule has 0 saturated heterocycles. The summed E-state index contributed by atoms with van der Waals surface area (Å²) >= 11 is 0. The van der Waals surface area contributed by atoms with Crippen LogP contribution in [0, 0.1) is 0 Å². The van der Waals surface area contributed by atoms with E-state index in [9.17, 15) is 0 Å². The molecule has 0 radical (unpaired) electrons. The molecule has 6 heteroatoms. The minimum Gasteiger partial charge on any atom is -0.455 e. The first-order valence-electron chi connectivity index (χ1n) is 44.5. The molecule has 25 aromatic rings. The average molecular weight is 1660 g/mol. The van der Waals surface area contributed by atoms with Crippen LogP contribution in [0.5, 0.6) is 0 Å². The van der Waals surface area contributed by atoms with E-state index in [1.54, 1.807) is 0 Å². The summed E-state index contributed by atoms with van der Waals surface area (Å²) in [5.74, 6) is 0. The number of para-hydroxylation sites is 10. The summed E-state index contributed by atoms with van der Waals surface area (Å²) < 4.78 is 18.4. The molecule has 608 valence electrons. The quantitative estimate of drug-likeness (QED) is 0.0911. The first-order valence-corrected chi connectivity index (χ1v) is 44.5. The normalized spacial score (nSPS) is 11.7. The number of fused-ring (bicyclic) bond motifs is 13. The smallest absolute Gasteiger partial charge is 0.143 e. The molecule has 130 heavy (non-hydrogen) atoms. The molecule has 0 atom stereocenters. The fourth-order valence-corrected chi connectivity index (χ4v) is 20.1. The van der Waals surface area contributed by atoms with Crippen LogP contribution in [0.2, 0.25) is 0 Å². The lowest BCUT2D eigenvalue weighted by atomic mass is 9.93. The highest BCUT2D eigenvalue weighted by Crippen LogP contribution is 2.49. The lowest BCUT2D eigenvalue weighted by Gasteiger charge is -2.28. The van der Waals surface area contributed by atoms with Crippen LogP contribution in [-0.2, 0) is 0 Å². The lowest BCUT2D eigenvalue weighted by Crippen LogP contribution is -2.11. The largest absolute Gasteiger partial charge is 0.455 e. The van der Waals surface area contributed by atoms with Crippen molar-refractivity contribution in [2.24, 2.45) is 0 Å². The standard InChI is InChI=1S/C124H80N4O2/c1-2-24-91-78-94(56-51-81(91)23-1)103-29-5-12-38-114(103)126(99-71-59-85(60-72-99)83-49-54-88(55-50-83)102-28-4-14-40-116(102)128-119-43-17-8-32-107(119)108-33-9-18-44-120(108)128)100-75-65-90(66-76-100)112-79-95(80-113-110-35-11-20-46-122(110)130-124(112)113)93-26-21-25-92(77-93)86-61-69-97(70-62-86)125(98-73-63-89(64-74-98)104-36-22-37-111-109-34-10-19-45-121(109)129-123(104)111)96-67-57-84(58-68-96)82-47-52-87(53-48-82)101-27-3-13-39-115(101)127-117-41-15-6-30-105(117)106-31-7-16-42-118(106)127/h1-80H. The Morgan fingerprint density at radius 3 is 0.985 bits per heavy atom. The Hall–Kier alpha value is -17.3. The predicted molar refractivity (Wildman–Crippen MR) is 545 cm³/mol. The van der Waals surface area contributed by atoms with E-state index in [1.807, 2.05) is 12.1 Å². The summed E-state index contributed by atoms with van der Waals surface area (Å²) in [4.78, 5) is 4.77. The van der Waals surface area contributed by atoms with Gasteiger partial charge in [0.25, 0.3) is 0 Å². The van der Waals surface area contributed by atoms with E-state index in [4.69, 9.17) is 8.83 Å². The molecule has 21 aromatic carbocycles. The van der Waals surface area contributed by atoms with Crippen molar-refractivity contribution in [2.75, 3.05) is 9.80 Å². The van der Waals surface area contributed by atoms with Gasteiger partial charge in [-0.05, 0) is 223 Å². The summed E-state index contributed by atoms with van der Waals surface area (Å²) in [6.45, 7) is 0. The summed E-state index contributed by atoms with van der Waals surface area (Å²) in [6, 6.07) is 177. The van der Waals surface area contributed by atoms with E-state index >= 15 is 0 Å². The molecule has 0 aliphatic heterocycles. The maximum Gasteiger partial charge on any atom is 0.143 e. The van der Waals surface area contributed by atoms with E-state index in [1.165, 1.54) is 65.5 Å². The third-order valence-corrected chi connectivity index (χ3v) is 26.4. The van der Waals surface area contributed by atoms with Crippen molar-refractivity contribution < 1.29 is 8.83 Å². The lowest BCUT2D eigenvalue weighted by molar-refractivity contribution is 0.669. The van der Waals surface area contributed by atoms with Crippen molar-refractivity contribution in [3.05, 3.63) is 485 Å². The van der Waals surface area contributed by atoms with Gasteiger partial charge in [-0.1, -0.05) is 346 Å². The molecule has 0 N–H and O–H groups in total. The highest BCUT2D eigenvalue weighted by molar-refractivity contribution is 6.14. The summed E-state index contributed by atoms with van der Waals surface area (Å²) in [6.07, 6.45) is 0. The predicted octanol–water partition coefficient (Wildman–Crippen LogP) is 34.8. The van der Waals surface area contributed by atoms with Crippen molar-refractivity contribution in [1.82, 2.24) is 9.13 Å². The summed E-state index contributed by atoms with van der Waals surface area (Å²) in [5.41, 5.74) is 36.8. The van der Waals surface area contributed by atoms with Gasteiger partial charge in [-0.15, -0.1) is 0 Å². The van der Waals surface area contributed by atoms with Gasteiger partial charge in [0.05, 0.1) is 39.1 Å². The topological polar surface area (TPSA) is 42.6 Å². The zero-order valence-corrected chi connectivity index (χ0v) is 70.8. The molecule has 4 heterocycles. The van der Waals surface area contributed by atoms with Crippen LogP contribution in [-0.4, -0.2) is 9.13 Å². The fourth-order valence-electron chi connectivity index (χ4n) is 20.1. The number of benzene rings is 21. The number of hydrogen-bond donors (Lipinski definition) is 0. The maximum absolute atomic E-state index is 6.96. The maximum atomic E-state index is 6.96. The molecule has 0 saturated carbocycles. The number of aromatic nitrogens is 2. The van der Waals surface area contributed by atoms with Crippen molar-refractivity contribution in [1.29, 1.82) is 0 Å². The minimum atomic E-state index is 0.846. The highest BCUT2D eigenvalue weighted by atomic mass is 16.3. The second-order valence-electron chi connectivity index (χ2n) is 33.8. The Morgan fingerprint density at radius 1 is 0.162 bits per heavy atom. The van der Waals surface area contributed by atoms with Crippen LogP contribution in [0.4, 0.5) is 34.1 Å². The molecule has 0 aliphatic rings. The van der Waals surface area contributed by atoms with Crippen LogP contribution < -0.4 is 9.80 Å². The fraction of sp³-hybridized carbons (Fsp3) is 0. The first-order chi connectivity index (χ1) is 64.4. The molecule has 25 rings (SSSR count). The molecule has 0 aliphatic carbocycles. The van der Waals surface area contributed by atoms with Gasteiger partial charge in [0.2, 0.25) is 0 Å². The second kappa shape index (κ2) is 31.4. The molecule has 4 aromatic heterocycles. The summed E-state index contributed by atoms with van der Waals surface area (Å²) in [7, 11) is 0. The van der Waals surface area contributed by atoms with Gasteiger partial charge >= 0.3 is 0 Å². The van der Waals surface area contributed by atoms with Crippen molar-refractivity contribution in [2.45, 2.75) is 0 Å².